The molecule has 0 aliphatic heterocycles. The first-order chi connectivity index (χ1) is 9.61. The molecule has 2 aromatic heterocycles. The number of hydrogen-bond acceptors (Lipinski definition) is 6. The lowest BCUT2D eigenvalue weighted by Gasteiger charge is -2.04. The molecule has 0 fully saturated rings. The fourth-order valence-electron chi connectivity index (χ4n) is 1.58. The van der Waals surface area contributed by atoms with Crippen LogP contribution in [-0.2, 0) is 9.53 Å². The predicted octanol–water partition coefficient (Wildman–Crippen LogP) is 2.76. The molecule has 0 aromatic carbocycles. The number of thiophene rings is 1. The molecule has 2 heterocycles. The van der Waals surface area contributed by atoms with Crippen LogP contribution in [0.3, 0.4) is 0 Å². The summed E-state index contributed by atoms with van der Waals surface area (Å²) in [6.07, 6.45) is 4.68. The first-order valence-electron chi connectivity index (χ1n) is 5.55. The summed E-state index contributed by atoms with van der Waals surface area (Å²) in [6, 6.07) is 4.75. The van der Waals surface area contributed by atoms with Crippen molar-refractivity contribution < 1.29 is 14.5 Å². The third kappa shape index (κ3) is 3.07. The van der Waals surface area contributed by atoms with Crippen molar-refractivity contribution in [2.45, 2.75) is 0 Å². The van der Waals surface area contributed by atoms with E-state index in [2.05, 4.69) is 4.98 Å². The number of carbonyl (C=O) groups is 1. The van der Waals surface area contributed by atoms with Gasteiger partial charge in [-0.05, 0) is 29.3 Å². The van der Waals surface area contributed by atoms with Crippen LogP contribution in [0.25, 0.3) is 11.6 Å². The van der Waals surface area contributed by atoms with Gasteiger partial charge < -0.3 is 4.74 Å². The van der Waals surface area contributed by atoms with Crippen molar-refractivity contribution in [2.24, 2.45) is 0 Å². The minimum absolute atomic E-state index is 0.0233. The smallest absolute Gasteiger partial charge is 0.338 e. The fraction of sp³-hybridized carbons (Fsp3) is 0.0769. The van der Waals surface area contributed by atoms with Crippen molar-refractivity contribution in [2.75, 3.05) is 7.11 Å². The number of pyridine rings is 1. The third-order valence-corrected chi connectivity index (χ3v) is 3.39. The lowest BCUT2D eigenvalue weighted by atomic mass is 10.1. The summed E-state index contributed by atoms with van der Waals surface area (Å²) < 4.78 is 4.74. The summed E-state index contributed by atoms with van der Waals surface area (Å²) >= 11 is 1.01. The molecule has 0 atom stereocenters. The van der Waals surface area contributed by atoms with Gasteiger partial charge in [-0.25, -0.2) is 4.79 Å². The Morgan fingerprint density at radius 3 is 2.70 bits per heavy atom. The number of nitro groups is 1. The number of hydrogen-bond donors (Lipinski definition) is 0. The van der Waals surface area contributed by atoms with E-state index in [9.17, 15) is 14.9 Å². The van der Waals surface area contributed by atoms with E-state index < -0.39 is 10.9 Å². The second-order valence-electron chi connectivity index (χ2n) is 3.76. The summed E-state index contributed by atoms with van der Waals surface area (Å²) in [6.45, 7) is 0. The van der Waals surface area contributed by atoms with Crippen LogP contribution >= 0.6 is 11.3 Å². The topological polar surface area (TPSA) is 82.3 Å². The van der Waals surface area contributed by atoms with E-state index >= 15 is 0 Å². The number of esters is 1. The highest BCUT2D eigenvalue weighted by Crippen LogP contribution is 2.26. The average Bonchev–Trinajstić information content (AvgIpc) is 2.94. The zero-order valence-electron chi connectivity index (χ0n) is 10.5. The number of ether oxygens (including phenoxy) is 1. The summed E-state index contributed by atoms with van der Waals surface area (Å²) in [7, 11) is 1.29. The summed E-state index contributed by atoms with van der Waals surface area (Å²) in [5, 5.41) is 12.3. The molecule has 0 spiro atoms. The highest BCUT2D eigenvalue weighted by molar-refractivity contribution is 7.13. The maximum Gasteiger partial charge on any atom is 0.338 e. The number of nitrogens with zero attached hydrogens (tertiary/aromatic N) is 2. The van der Waals surface area contributed by atoms with Crippen molar-refractivity contribution in [1.29, 1.82) is 0 Å². The molecular formula is C13H10N2O4S. The molecule has 0 aliphatic carbocycles. The number of rotatable bonds is 4. The third-order valence-electron chi connectivity index (χ3n) is 2.49. The van der Waals surface area contributed by atoms with Crippen molar-refractivity contribution in [3.63, 3.8) is 0 Å². The van der Waals surface area contributed by atoms with Crippen LogP contribution in [0.15, 0.2) is 36.0 Å². The maximum absolute atomic E-state index is 11.8. The lowest BCUT2D eigenvalue weighted by molar-refractivity contribution is -0.380. The molecule has 2 aromatic rings. The van der Waals surface area contributed by atoms with E-state index in [4.69, 9.17) is 4.74 Å². The van der Waals surface area contributed by atoms with Crippen LogP contribution in [0.5, 0.6) is 0 Å². The van der Waals surface area contributed by atoms with E-state index in [1.807, 2.05) is 0 Å². The molecule has 0 aliphatic rings. The Morgan fingerprint density at radius 1 is 1.45 bits per heavy atom. The Bertz CT molecular complexity index is 664. The SMILES string of the molecule is COC(=O)/C(=C/c1csc([N+](=O)[O-])c1)c1ccncc1. The van der Waals surface area contributed by atoms with Crippen LogP contribution in [0.4, 0.5) is 5.00 Å². The average molecular weight is 290 g/mol. The number of carbonyl (C=O) groups excluding carboxylic acids is 1. The normalized spacial score (nSPS) is 11.2. The Morgan fingerprint density at radius 2 is 2.15 bits per heavy atom. The van der Waals surface area contributed by atoms with Gasteiger partial charge in [0.1, 0.15) is 0 Å². The second-order valence-corrected chi connectivity index (χ2v) is 4.65. The van der Waals surface area contributed by atoms with Crippen molar-refractivity contribution in [1.82, 2.24) is 4.98 Å². The zero-order chi connectivity index (χ0) is 14.5. The minimum Gasteiger partial charge on any atom is -0.465 e. The molecule has 0 amide bonds. The molecule has 0 radical (unpaired) electrons. The van der Waals surface area contributed by atoms with Gasteiger partial charge in [-0.1, -0.05) is 11.3 Å². The summed E-state index contributed by atoms with van der Waals surface area (Å²) in [5.41, 5.74) is 1.54. The Hall–Kier alpha value is -2.54. The van der Waals surface area contributed by atoms with Crippen LogP contribution in [0.1, 0.15) is 11.1 Å². The van der Waals surface area contributed by atoms with Gasteiger partial charge >= 0.3 is 11.0 Å². The number of methoxy groups -OCH3 is 1. The first kappa shape index (κ1) is 13.9. The number of aromatic nitrogens is 1. The molecule has 20 heavy (non-hydrogen) atoms. The summed E-state index contributed by atoms with van der Waals surface area (Å²) in [5.74, 6) is -0.509. The van der Waals surface area contributed by atoms with Gasteiger partial charge in [-0.3, -0.25) is 15.1 Å². The van der Waals surface area contributed by atoms with Crippen molar-refractivity contribution >= 4 is 34.0 Å². The minimum atomic E-state index is -0.509. The van der Waals surface area contributed by atoms with E-state index in [1.165, 1.54) is 13.2 Å². The molecule has 0 N–H and O–H groups in total. The van der Waals surface area contributed by atoms with Crippen LogP contribution in [-0.4, -0.2) is 23.0 Å². The van der Waals surface area contributed by atoms with Crippen LogP contribution in [0.2, 0.25) is 0 Å². The molecule has 7 heteroatoms. The van der Waals surface area contributed by atoms with Gasteiger partial charge in [0.15, 0.2) is 0 Å². The fourth-order valence-corrected chi connectivity index (χ4v) is 2.26. The van der Waals surface area contributed by atoms with Crippen LogP contribution in [0, 0.1) is 10.1 Å². The Balaban J connectivity index is 2.43. The summed E-state index contributed by atoms with van der Waals surface area (Å²) in [4.78, 5) is 25.9. The van der Waals surface area contributed by atoms with Gasteiger partial charge in [0, 0.05) is 23.8 Å². The molecule has 0 bridgehead atoms. The molecule has 0 saturated heterocycles. The standard InChI is InChI=1S/C13H10N2O4S/c1-19-13(16)11(10-2-4-14-5-3-10)6-9-7-12(15(17)18)20-8-9/h2-8H,1H3/b11-6+. The first-order valence-corrected chi connectivity index (χ1v) is 6.43. The van der Waals surface area contributed by atoms with Gasteiger partial charge in [0.25, 0.3) is 0 Å². The molecule has 102 valence electrons. The Kier molecular flexibility index (Phi) is 4.21. The maximum atomic E-state index is 11.8. The largest absolute Gasteiger partial charge is 0.465 e. The molecule has 6 nitrogen and oxygen atoms in total. The highest BCUT2D eigenvalue weighted by Gasteiger charge is 2.14. The van der Waals surface area contributed by atoms with Gasteiger partial charge in [-0.15, -0.1) is 0 Å². The molecule has 0 unspecified atom stereocenters. The predicted molar refractivity (Wildman–Crippen MR) is 75.1 cm³/mol. The van der Waals surface area contributed by atoms with E-state index in [0.29, 0.717) is 16.7 Å². The molecular weight excluding hydrogens is 280 g/mol. The quantitative estimate of drug-likeness (QED) is 0.374. The molecule has 0 saturated carbocycles. The van der Waals surface area contributed by atoms with Crippen molar-refractivity contribution in [3.05, 3.63) is 57.2 Å². The van der Waals surface area contributed by atoms with E-state index in [-0.39, 0.29) is 5.00 Å². The second kappa shape index (κ2) is 6.07. The van der Waals surface area contributed by atoms with Gasteiger partial charge in [0.05, 0.1) is 17.6 Å². The molecule has 2 rings (SSSR count). The zero-order valence-corrected chi connectivity index (χ0v) is 11.3. The Labute approximate surface area is 118 Å². The van der Waals surface area contributed by atoms with Crippen LogP contribution < -0.4 is 0 Å². The van der Waals surface area contributed by atoms with Gasteiger partial charge in [-0.2, -0.15) is 0 Å². The lowest BCUT2D eigenvalue weighted by Crippen LogP contribution is -2.03. The highest BCUT2D eigenvalue weighted by atomic mass is 32.1. The monoisotopic (exact) mass is 290 g/mol. The van der Waals surface area contributed by atoms with Crippen molar-refractivity contribution in [3.8, 4) is 0 Å². The van der Waals surface area contributed by atoms with E-state index in [0.717, 1.165) is 11.3 Å². The van der Waals surface area contributed by atoms with Gasteiger partial charge in [0.2, 0.25) is 0 Å². The van der Waals surface area contributed by atoms with E-state index in [1.54, 1.807) is 36.0 Å².